The van der Waals surface area contributed by atoms with Gasteiger partial charge in [-0.05, 0) is 30.7 Å². The summed E-state index contributed by atoms with van der Waals surface area (Å²) in [6.45, 7) is 1.26. The molecule has 3 rings (SSSR count). The molecule has 0 aliphatic carbocycles. The summed E-state index contributed by atoms with van der Waals surface area (Å²) in [5.41, 5.74) is 0.390. The van der Waals surface area contributed by atoms with Crippen LogP contribution < -0.4 is 0 Å². The monoisotopic (exact) mass is 352 g/mol. The molecule has 24 heavy (non-hydrogen) atoms. The third-order valence-corrected chi connectivity index (χ3v) is 5.75. The Balaban J connectivity index is 1.71. The quantitative estimate of drug-likeness (QED) is 0.896. The van der Waals surface area contributed by atoms with Crippen LogP contribution in [0.25, 0.3) is 0 Å². The highest BCUT2D eigenvalue weighted by atomic mass is 32.2. The van der Waals surface area contributed by atoms with Crippen LogP contribution in [-0.2, 0) is 10.0 Å². The highest BCUT2D eigenvalue weighted by Gasteiger charge is 2.29. The van der Waals surface area contributed by atoms with E-state index in [0.717, 1.165) is 0 Å². The molecule has 0 unspecified atom stereocenters. The number of imidazole rings is 1. The fraction of sp³-hybridized carbons (Fsp3) is 0.333. The molecule has 1 N–H and O–H groups in total. The molecule has 9 heteroatoms. The highest BCUT2D eigenvalue weighted by Crippen LogP contribution is 2.16. The second-order valence-corrected chi connectivity index (χ2v) is 7.38. The number of nitrogens with one attached hydrogen (secondary N) is 1. The van der Waals surface area contributed by atoms with Crippen molar-refractivity contribution < 1.29 is 17.6 Å². The van der Waals surface area contributed by atoms with Gasteiger partial charge < -0.3 is 9.88 Å². The molecule has 128 valence electrons. The van der Waals surface area contributed by atoms with Gasteiger partial charge in [-0.1, -0.05) is 0 Å². The lowest BCUT2D eigenvalue weighted by molar-refractivity contribution is 0.0764. The largest absolute Gasteiger partial charge is 0.337 e. The number of sulfonamides is 1. The Bertz CT molecular complexity index is 806. The van der Waals surface area contributed by atoms with E-state index >= 15 is 0 Å². The maximum atomic E-state index is 13.0. The van der Waals surface area contributed by atoms with E-state index in [1.54, 1.807) is 4.90 Å². The van der Waals surface area contributed by atoms with Crippen LogP contribution in [-0.4, -0.2) is 59.7 Å². The lowest BCUT2D eigenvalue weighted by atomic mass is 10.2. The van der Waals surface area contributed by atoms with Crippen LogP contribution in [0.1, 0.15) is 16.8 Å². The third-order valence-electron chi connectivity index (χ3n) is 3.92. The lowest BCUT2D eigenvalue weighted by Crippen LogP contribution is -2.37. The minimum atomic E-state index is -3.63. The van der Waals surface area contributed by atoms with E-state index in [4.69, 9.17) is 0 Å². The number of H-pyrrole nitrogens is 1. The number of amides is 1. The van der Waals surface area contributed by atoms with E-state index in [1.807, 2.05) is 0 Å². The predicted molar refractivity (Wildman–Crippen MR) is 84.3 cm³/mol. The molecule has 1 amide bonds. The highest BCUT2D eigenvalue weighted by molar-refractivity contribution is 7.89. The molecule has 0 atom stereocenters. The molecule has 1 saturated heterocycles. The van der Waals surface area contributed by atoms with Gasteiger partial charge in [0.1, 0.15) is 5.82 Å². The van der Waals surface area contributed by atoms with Crippen LogP contribution in [0.5, 0.6) is 0 Å². The molecule has 1 aromatic heterocycles. The topological polar surface area (TPSA) is 86.4 Å². The summed E-state index contributed by atoms with van der Waals surface area (Å²) in [6.07, 6.45) is 3.11. The molecule has 0 radical (unpaired) electrons. The number of nitrogens with zero attached hydrogens (tertiary/aromatic N) is 3. The first-order valence-electron chi connectivity index (χ1n) is 7.52. The van der Waals surface area contributed by atoms with Crippen molar-refractivity contribution in [1.82, 2.24) is 19.2 Å². The Morgan fingerprint density at radius 2 is 1.88 bits per heavy atom. The van der Waals surface area contributed by atoms with E-state index in [9.17, 15) is 17.6 Å². The van der Waals surface area contributed by atoms with E-state index in [-0.39, 0.29) is 24.0 Å². The molecule has 0 bridgehead atoms. The molecule has 1 aromatic carbocycles. The number of benzene rings is 1. The minimum absolute atomic E-state index is 0.0424. The van der Waals surface area contributed by atoms with Gasteiger partial charge in [0.25, 0.3) is 15.9 Å². The van der Waals surface area contributed by atoms with E-state index < -0.39 is 15.8 Å². The Morgan fingerprint density at radius 3 is 2.54 bits per heavy atom. The van der Waals surface area contributed by atoms with Gasteiger partial charge in [0, 0.05) is 31.7 Å². The summed E-state index contributed by atoms with van der Waals surface area (Å²) in [4.78, 5) is 20.4. The SMILES string of the molecule is O=C(c1ccc(F)cc1)N1CCCN(S(=O)(=O)c2cnc[nH]2)CC1. The van der Waals surface area contributed by atoms with Crippen molar-refractivity contribution in [3.63, 3.8) is 0 Å². The number of aromatic amines is 1. The Labute approximate surface area is 139 Å². The van der Waals surface area contributed by atoms with Gasteiger partial charge in [-0.2, -0.15) is 4.31 Å². The average molecular weight is 352 g/mol. The number of hydrogen-bond donors (Lipinski definition) is 1. The van der Waals surface area contributed by atoms with Crippen molar-refractivity contribution in [3.8, 4) is 0 Å². The molecule has 7 nitrogen and oxygen atoms in total. The number of rotatable bonds is 3. The molecular weight excluding hydrogens is 335 g/mol. The van der Waals surface area contributed by atoms with Crippen LogP contribution in [0.15, 0.2) is 41.8 Å². The fourth-order valence-electron chi connectivity index (χ4n) is 2.64. The zero-order valence-corrected chi connectivity index (χ0v) is 13.7. The van der Waals surface area contributed by atoms with Crippen molar-refractivity contribution in [1.29, 1.82) is 0 Å². The number of halogens is 1. The summed E-state index contributed by atoms with van der Waals surface area (Å²) in [6, 6.07) is 5.34. The molecule has 1 aliphatic rings. The van der Waals surface area contributed by atoms with Crippen molar-refractivity contribution in [3.05, 3.63) is 48.2 Å². The van der Waals surface area contributed by atoms with Gasteiger partial charge in [0.15, 0.2) is 5.03 Å². The zero-order chi connectivity index (χ0) is 17.2. The van der Waals surface area contributed by atoms with Crippen LogP contribution in [0.3, 0.4) is 0 Å². The molecular formula is C15H17FN4O3S. The van der Waals surface area contributed by atoms with E-state index in [1.165, 1.54) is 41.1 Å². The standard InChI is InChI=1S/C15H17FN4O3S/c16-13-4-2-12(3-5-13)15(21)19-6-1-7-20(9-8-19)24(22,23)14-10-17-11-18-14/h2-5,10-11H,1,6-9H2,(H,17,18). The molecule has 2 heterocycles. The van der Waals surface area contributed by atoms with Gasteiger partial charge in [0.05, 0.1) is 12.5 Å². The average Bonchev–Trinajstić information content (AvgIpc) is 3.00. The van der Waals surface area contributed by atoms with Gasteiger partial charge in [0.2, 0.25) is 0 Å². The molecule has 2 aromatic rings. The van der Waals surface area contributed by atoms with E-state index in [0.29, 0.717) is 25.1 Å². The summed E-state index contributed by atoms with van der Waals surface area (Å²) >= 11 is 0. The normalized spacial score (nSPS) is 16.8. The van der Waals surface area contributed by atoms with E-state index in [2.05, 4.69) is 9.97 Å². The van der Waals surface area contributed by atoms with Crippen LogP contribution in [0.2, 0.25) is 0 Å². The predicted octanol–water partition coefficient (Wildman–Crippen LogP) is 1.09. The Hall–Kier alpha value is -2.26. The molecule has 0 spiro atoms. The summed E-state index contributed by atoms with van der Waals surface area (Å²) in [5, 5.41) is 0.0424. The van der Waals surface area contributed by atoms with Crippen molar-refractivity contribution in [2.45, 2.75) is 11.4 Å². The van der Waals surface area contributed by atoms with Gasteiger partial charge in [-0.15, -0.1) is 0 Å². The van der Waals surface area contributed by atoms with Gasteiger partial charge in [-0.3, -0.25) is 4.79 Å². The second kappa shape index (κ2) is 6.70. The van der Waals surface area contributed by atoms with Crippen molar-refractivity contribution >= 4 is 15.9 Å². The molecule has 1 fully saturated rings. The number of hydrogen-bond acceptors (Lipinski definition) is 4. The first-order chi connectivity index (χ1) is 11.5. The lowest BCUT2D eigenvalue weighted by Gasteiger charge is -2.21. The van der Waals surface area contributed by atoms with Crippen molar-refractivity contribution in [2.24, 2.45) is 0 Å². The Morgan fingerprint density at radius 1 is 1.12 bits per heavy atom. The third kappa shape index (κ3) is 3.31. The first-order valence-corrected chi connectivity index (χ1v) is 8.96. The summed E-state index contributed by atoms with van der Waals surface area (Å²) in [5.74, 6) is -0.630. The minimum Gasteiger partial charge on any atom is -0.337 e. The first kappa shape index (κ1) is 16.6. The van der Waals surface area contributed by atoms with Gasteiger partial charge >= 0.3 is 0 Å². The van der Waals surface area contributed by atoms with Gasteiger partial charge in [-0.25, -0.2) is 17.8 Å². The van der Waals surface area contributed by atoms with Crippen LogP contribution in [0.4, 0.5) is 4.39 Å². The smallest absolute Gasteiger partial charge is 0.260 e. The zero-order valence-electron chi connectivity index (χ0n) is 12.9. The summed E-state index contributed by atoms with van der Waals surface area (Å²) in [7, 11) is -3.63. The number of carbonyl (C=O) groups is 1. The van der Waals surface area contributed by atoms with Crippen molar-refractivity contribution in [2.75, 3.05) is 26.2 Å². The molecule has 0 saturated carbocycles. The van der Waals surface area contributed by atoms with Crippen LogP contribution >= 0.6 is 0 Å². The maximum absolute atomic E-state index is 13.0. The Kier molecular flexibility index (Phi) is 4.63. The molecule has 1 aliphatic heterocycles. The van der Waals surface area contributed by atoms with Crippen LogP contribution in [0, 0.1) is 5.82 Å². The number of aromatic nitrogens is 2. The fourth-order valence-corrected chi connectivity index (χ4v) is 4.00. The maximum Gasteiger partial charge on any atom is 0.260 e. The summed E-state index contributed by atoms with van der Waals surface area (Å²) < 4.78 is 39.3. The number of carbonyl (C=O) groups excluding carboxylic acids is 1. The second-order valence-electron chi connectivity index (χ2n) is 5.47.